The minimum absolute atomic E-state index is 0.0168. The summed E-state index contributed by atoms with van der Waals surface area (Å²) >= 11 is 1.71. The zero-order valence-corrected chi connectivity index (χ0v) is 9.60. The third-order valence-corrected chi connectivity index (χ3v) is 3.14. The minimum atomic E-state index is 0.0168. The second-order valence-electron chi connectivity index (χ2n) is 3.82. The van der Waals surface area contributed by atoms with E-state index in [0.717, 1.165) is 5.69 Å². The van der Waals surface area contributed by atoms with Crippen molar-refractivity contribution in [3.63, 3.8) is 0 Å². The molecule has 0 unspecified atom stereocenters. The Kier molecular flexibility index (Phi) is 2.73. The number of amides is 1. The number of thiophene rings is 1. The van der Waals surface area contributed by atoms with Crippen molar-refractivity contribution in [2.45, 2.75) is 13.8 Å². The Bertz CT molecular complexity index is 487. The normalized spacial score (nSPS) is 10.9. The van der Waals surface area contributed by atoms with E-state index in [1.165, 1.54) is 10.1 Å². The molecular formula is C12H13NOS. The van der Waals surface area contributed by atoms with Crippen molar-refractivity contribution in [2.75, 3.05) is 5.32 Å². The number of hydrogen-bond donors (Lipinski definition) is 1. The molecular weight excluding hydrogens is 206 g/mol. The second kappa shape index (κ2) is 4.03. The largest absolute Gasteiger partial charge is 0.326 e. The molecule has 15 heavy (non-hydrogen) atoms. The van der Waals surface area contributed by atoms with Gasteiger partial charge in [-0.25, -0.2) is 0 Å². The Morgan fingerprint density at radius 2 is 2.13 bits per heavy atom. The van der Waals surface area contributed by atoms with E-state index >= 15 is 0 Å². The van der Waals surface area contributed by atoms with Crippen LogP contribution in [0.3, 0.4) is 0 Å². The lowest BCUT2D eigenvalue weighted by Crippen LogP contribution is -2.17. The molecule has 0 saturated carbocycles. The van der Waals surface area contributed by atoms with Crippen LogP contribution in [0.4, 0.5) is 5.69 Å². The quantitative estimate of drug-likeness (QED) is 0.823. The average Bonchev–Trinajstić information content (AvgIpc) is 2.64. The molecule has 1 heterocycles. The minimum Gasteiger partial charge on any atom is -0.326 e. The van der Waals surface area contributed by atoms with Gasteiger partial charge in [0.25, 0.3) is 0 Å². The monoisotopic (exact) mass is 219 g/mol. The van der Waals surface area contributed by atoms with Crippen molar-refractivity contribution in [3.8, 4) is 0 Å². The van der Waals surface area contributed by atoms with Crippen molar-refractivity contribution in [3.05, 3.63) is 29.6 Å². The Balaban J connectivity index is 2.25. The lowest BCUT2D eigenvalue weighted by Gasteiger charge is -2.07. The molecule has 2 nitrogen and oxygen atoms in total. The highest BCUT2D eigenvalue weighted by Crippen LogP contribution is 2.24. The zero-order chi connectivity index (χ0) is 10.8. The molecule has 1 amide bonds. The average molecular weight is 219 g/mol. The van der Waals surface area contributed by atoms with Gasteiger partial charge in [-0.2, -0.15) is 0 Å². The van der Waals surface area contributed by atoms with Gasteiger partial charge in [0.15, 0.2) is 0 Å². The van der Waals surface area contributed by atoms with Crippen molar-refractivity contribution < 1.29 is 4.79 Å². The van der Waals surface area contributed by atoms with Crippen LogP contribution >= 0.6 is 11.3 Å². The van der Waals surface area contributed by atoms with Gasteiger partial charge in [-0.3, -0.25) is 4.79 Å². The highest BCUT2D eigenvalue weighted by Gasteiger charge is 2.07. The number of fused-ring (bicyclic) bond motifs is 1. The molecule has 78 valence electrons. The lowest BCUT2D eigenvalue weighted by molar-refractivity contribution is -0.118. The van der Waals surface area contributed by atoms with Crippen molar-refractivity contribution in [2.24, 2.45) is 5.92 Å². The Morgan fingerprint density at radius 1 is 1.33 bits per heavy atom. The molecule has 1 aromatic carbocycles. The van der Waals surface area contributed by atoms with Gasteiger partial charge in [0.1, 0.15) is 0 Å². The van der Waals surface area contributed by atoms with Gasteiger partial charge in [-0.05, 0) is 35.0 Å². The van der Waals surface area contributed by atoms with E-state index in [-0.39, 0.29) is 11.8 Å². The third-order valence-electron chi connectivity index (χ3n) is 2.24. The fraction of sp³-hybridized carbons (Fsp3) is 0.250. The lowest BCUT2D eigenvalue weighted by atomic mass is 10.2. The summed E-state index contributed by atoms with van der Waals surface area (Å²) in [5.74, 6) is 0.0766. The predicted molar refractivity (Wildman–Crippen MR) is 65.3 cm³/mol. The second-order valence-corrected chi connectivity index (χ2v) is 4.76. The van der Waals surface area contributed by atoms with Gasteiger partial charge in [0, 0.05) is 16.3 Å². The molecule has 0 atom stereocenters. The molecule has 3 heteroatoms. The fourth-order valence-corrected chi connectivity index (χ4v) is 2.10. The number of hydrogen-bond acceptors (Lipinski definition) is 2. The summed E-state index contributed by atoms with van der Waals surface area (Å²) in [5.41, 5.74) is 0.875. The first-order valence-electron chi connectivity index (χ1n) is 4.95. The molecule has 0 saturated heterocycles. The van der Waals surface area contributed by atoms with Crippen molar-refractivity contribution in [1.29, 1.82) is 0 Å². The van der Waals surface area contributed by atoms with E-state index in [2.05, 4.69) is 16.8 Å². The van der Waals surface area contributed by atoms with E-state index in [1.54, 1.807) is 11.3 Å². The van der Waals surface area contributed by atoms with Crippen LogP contribution in [-0.4, -0.2) is 5.91 Å². The van der Waals surface area contributed by atoms with Crippen LogP contribution in [0.5, 0.6) is 0 Å². The van der Waals surface area contributed by atoms with E-state index < -0.39 is 0 Å². The Labute approximate surface area is 92.9 Å². The molecule has 0 bridgehead atoms. The SMILES string of the molecule is CC(C)C(=O)Nc1ccc2sccc2c1. The molecule has 0 fully saturated rings. The molecule has 0 aliphatic heterocycles. The summed E-state index contributed by atoms with van der Waals surface area (Å²) in [4.78, 5) is 11.5. The van der Waals surface area contributed by atoms with E-state index in [9.17, 15) is 4.79 Å². The highest BCUT2D eigenvalue weighted by atomic mass is 32.1. The molecule has 0 aliphatic carbocycles. The maximum Gasteiger partial charge on any atom is 0.226 e. The highest BCUT2D eigenvalue weighted by molar-refractivity contribution is 7.17. The van der Waals surface area contributed by atoms with Crippen molar-refractivity contribution >= 4 is 33.0 Å². The first kappa shape index (κ1) is 10.2. The molecule has 1 aromatic heterocycles. The van der Waals surface area contributed by atoms with Gasteiger partial charge in [0.2, 0.25) is 5.91 Å². The molecule has 2 aromatic rings. The summed E-state index contributed by atoms with van der Waals surface area (Å²) in [7, 11) is 0. The summed E-state index contributed by atoms with van der Waals surface area (Å²) in [5, 5.41) is 6.13. The third kappa shape index (κ3) is 2.18. The number of anilines is 1. The number of nitrogens with one attached hydrogen (secondary N) is 1. The van der Waals surface area contributed by atoms with Crippen molar-refractivity contribution in [1.82, 2.24) is 0 Å². The van der Waals surface area contributed by atoms with Crippen LogP contribution in [0.15, 0.2) is 29.6 Å². The van der Waals surface area contributed by atoms with E-state index in [1.807, 2.05) is 32.0 Å². The van der Waals surface area contributed by atoms with Crippen LogP contribution in [0.2, 0.25) is 0 Å². The molecule has 1 N–H and O–H groups in total. The number of rotatable bonds is 2. The van der Waals surface area contributed by atoms with Gasteiger partial charge >= 0.3 is 0 Å². The summed E-state index contributed by atoms with van der Waals surface area (Å²) in [6.45, 7) is 3.77. The van der Waals surface area contributed by atoms with Gasteiger partial charge in [-0.15, -0.1) is 11.3 Å². The van der Waals surface area contributed by atoms with Gasteiger partial charge in [0.05, 0.1) is 0 Å². The van der Waals surface area contributed by atoms with Crippen LogP contribution in [0, 0.1) is 5.92 Å². The molecule has 0 radical (unpaired) electrons. The molecule has 0 aliphatic rings. The van der Waals surface area contributed by atoms with E-state index in [0.29, 0.717) is 0 Å². The fourth-order valence-electron chi connectivity index (χ4n) is 1.33. The topological polar surface area (TPSA) is 29.1 Å². The standard InChI is InChI=1S/C12H13NOS/c1-8(2)12(14)13-10-3-4-11-9(7-10)5-6-15-11/h3-8H,1-2H3,(H,13,14). The maximum atomic E-state index is 11.5. The zero-order valence-electron chi connectivity index (χ0n) is 8.78. The summed E-state index contributed by atoms with van der Waals surface area (Å²) in [6, 6.07) is 8.05. The number of benzene rings is 1. The van der Waals surface area contributed by atoms with Gasteiger partial charge in [-0.1, -0.05) is 13.8 Å². The Hall–Kier alpha value is -1.35. The maximum absolute atomic E-state index is 11.5. The van der Waals surface area contributed by atoms with Crippen LogP contribution in [-0.2, 0) is 4.79 Å². The van der Waals surface area contributed by atoms with Crippen LogP contribution < -0.4 is 5.32 Å². The van der Waals surface area contributed by atoms with Crippen LogP contribution in [0.1, 0.15) is 13.8 Å². The first-order valence-corrected chi connectivity index (χ1v) is 5.83. The number of carbonyl (C=O) groups is 1. The molecule has 2 rings (SSSR count). The molecule has 0 spiro atoms. The summed E-state index contributed by atoms with van der Waals surface area (Å²) in [6.07, 6.45) is 0. The Morgan fingerprint density at radius 3 is 2.87 bits per heavy atom. The predicted octanol–water partition coefficient (Wildman–Crippen LogP) is 3.50. The van der Waals surface area contributed by atoms with E-state index in [4.69, 9.17) is 0 Å². The van der Waals surface area contributed by atoms with Crippen LogP contribution in [0.25, 0.3) is 10.1 Å². The first-order chi connectivity index (χ1) is 7.16. The van der Waals surface area contributed by atoms with Gasteiger partial charge < -0.3 is 5.32 Å². The smallest absolute Gasteiger partial charge is 0.226 e. The number of carbonyl (C=O) groups excluding carboxylic acids is 1. The summed E-state index contributed by atoms with van der Waals surface area (Å²) < 4.78 is 1.25.